The van der Waals surface area contributed by atoms with Crippen molar-refractivity contribution in [2.75, 3.05) is 76.5 Å². The third-order valence-corrected chi connectivity index (χ3v) is 15.0. The highest BCUT2D eigenvalue weighted by molar-refractivity contribution is 5.98. The van der Waals surface area contributed by atoms with E-state index < -0.39 is 74.7 Å². The molecule has 0 unspecified atom stereocenters. The van der Waals surface area contributed by atoms with Gasteiger partial charge in [0, 0.05) is 39.3 Å². The molecule has 2 aromatic carbocycles. The third-order valence-electron chi connectivity index (χ3n) is 15.0. The highest BCUT2D eigenvalue weighted by Crippen LogP contribution is 2.46. The second-order valence-electron chi connectivity index (χ2n) is 20.9. The zero-order chi connectivity index (χ0) is 59.7. The van der Waals surface area contributed by atoms with Crippen LogP contribution >= 0.6 is 0 Å². The summed E-state index contributed by atoms with van der Waals surface area (Å²) in [6, 6.07) is 6.63. The molecule has 8 aromatic rings. The van der Waals surface area contributed by atoms with E-state index in [9.17, 15) is 24.6 Å². The van der Waals surface area contributed by atoms with E-state index in [1.54, 1.807) is 23.6 Å². The topological polar surface area (TPSA) is 263 Å². The Hall–Kier alpha value is -9.53. The van der Waals surface area contributed by atoms with E-state index in [1.165, 1.54) is 49.1 Å². The summed E-state index contributed by atoms with van der Waals surface area (Å²) in [6.07, 6.45) is 1.21. The van der Waals surface area contributed by atoms with Gasteiger partial charge in [0.05, 0.1) is 71.6 Å². The zero-order valence-corrected chi connectivity index (χ0v) is 46.8. The monoisotopic (exact) mass is 1160 g/mol. The van der Waals surface area contributed by atoms with E-state index in [0.717, 1.165) is 16.7 Å². The van der Waals surface area contributed by atoms with Crippen molar-refractivity contribution < 1.29 is 51.5 Å². The molecule has 2 fully saturated rings. The molecule has 12 rings (SSSR count). The number of aromatic nitrogens is 10. The number of carbonyl (C=O) groups excluding carboxylic acids is 1. The van der Waals surface area contributed by atoms with Crippen LogP contribution in [0.1, 0.15) is 62.3 Å². The molecule has 27 heteroatoms. The normalized spacial score (nSPS) is 16.3. The minimum absolute atomic E-state index is 0.0259. The SMILES string of the molecule is C=CC(=O)N1CCN2c3nc(=O)n(-c4c(C)nc(OC)nc4C(C)C)c4nc(-c5c(O)cccc5F)c(F)c(c34)OC[C@H]2C1.COc1nc(C)c(-n2c(=O)nc3c4c(c(F)c(-c5c(O)cccc5F)nc42)OC[C@H]2CNCCN32)c(C(C)C)n1. The van der Waals surface area contributed by atoms with Gasteiger partial charge in [-0.15, -0.1) is 0 Å². The average Bonchev–Trinajstić information content (AvgIpc) is 2.43. The minimum atomic E-state index is -1.04. The molecular weight excluding hydrogens is 1100 g/mol. The first-order valence-electron chi connectivity index (χ1n) is 26.8. The summed E-state index contributed by atoms with van der Waals surface area (Å²) >= 11 is 0. The zero-order valence-electron chi connectivity index (χ0n) is 46.8. The molecule has 84 heavy (non-hydrogen) atoms. The summed E-state index contributed by atoms with van der Waals surface area (Å²) in [6.45, 7) is 16.8. The molecule has 10 heterocycles. The molecular formula is C57H56F4N14O9. The maximum absolute atomic E-state index is 16.5. The molecule has 23 nitrogen and oxygen atoms in total. The van der Waals surface area contributed by atoms with Crippen molar-refractivity contribution in [3.05, 3.63) is 116 Å². The Morgan fingerprint density at radius 1 is 0.679 bits per heavy atom. The highest BCUT2D eigenvalue weighted by Gasteiger charge is 2.40. The van der Waals surface area contributed by atoms with Gasteiger partial charge in [0.1, 0.15) is 70.1 Å². The van der Waals surface area contributed by atoms with Gasteiger partial charge < -0.3 is 49.2 Å². The van der Waals surface area contributed by atoms with Gasteiger partial charge in [0.15, 0.2) is 34.4 Å². The summed E-state index contributed by atoms with van der Waals surface area (Å²) < 4.78 is 88.0. The number of carbonyl (C=O) groups is 1. The number of amides is 1. The van der Waals surface area contributed by atoms with Crippen LogP contribution in [0.15, 0.2) is 58.6 Å². The van der Waals surface area contributed by atoms with Crippen molar-refractivity contribution in [1.29, 1.82) is 0 Å². The second-order valence-corrected chi connectivity index (χ2v) is 20.9. The fourth-order valence-corrected chi connectivity index (χ4v) is 11.1. The van der Waals surface area contributed by atoms with Crippen LogP contribution in [0.3, 0.4) is 0 Å². The Morgan fingerprint density at radius 3 is 1.58 bits per heavy atom. The summed E-state index contributed by atoms with van der Waals surface area (Å²) in [5.74, 6) is -5.81. The van der Waals surface area contributed by atoms with Crippen LogP contribution in [0.25, 0.3) is 56.0 Å². The number of benzene rings is 2. The van der Waals surface area contributed by atoms with Gasteiger partial charge in [-0.05, 0) is 56.0 Å². The van der Waals surface area contributed by atoms with E-state index in [0.29, 0.717) is 54.6 Å². The Bertz CT molecular complexity index is 4120. The van der Waals surface area contributed by atoms with Gasteiger partial charge in [0.2, 0.25) is 5.91 Å². The Labute approximate surface area is 475 Å². The fourth-order valence-electron chi connectivity index (χ4n) is 11.1. The first kappa shape index (κ1) is 56.3. The number of anilines is 2. The summed E-state index contributed by atoms with van der Waals surface area (Å²) in [4.78, 5) is 81.2. The van der Waals surface area contributed by atoms with Crippen molar-refractivity contribution in [1.82, 2.24) is 59.2 Å². The molecule has 3 N–H and O–H groups in total. The average molecular weight is 1160 g/mol. The third kappa shape index (κ3) is 9.40. The number of hydrogen-bond donors (Lipinski definition) is 3. The number of fused-ring (bicyclic) bond motifs is 4. The van der Waals surface area contributed by atoms with Crippen LogP contribution in [-0.4, -0.2) is 149 Å². The minimum Gasteiger partial charge on any atom is -0.507 e. The van der Waals surface area contributed by atoms with E-state index in [1.807, 2.05) is 32.6 Å². The lowest BCUT2D eigenvalue weighted by Crippen LogP contribution is -2.56. The smallest absolute Gasteiger partial charge is 0.355 e. The van der Waals surface area contributed by atoms with Crippen molar-refractivity contribution in [2.24, 2.45) is 0 Å². The molecule has 0 radical (unpaired) electrons. The second kappa shape index (κ2) is 22.0. The van der Waals surface area contributed by atoms with Gasteiger partial charge in [-0.3, -0.25) is 4.79 Å². The number of methoxy groups -OCH3 is 2. The molecule has 4 aliphatic heterocycles. The largest absolute Gasteiger partial charge is 0.507 e. The molecule has 1 amide bonds. The number of phenolic OH excluding ortho intramolecular Hbond substituents is 2. The standard InChI is InChI=1S/C30H29F2N7O5.C27H27F2N7O4/c1-6-19(41)37-10-11-38-16(12-37)13-44-26-21-27(38)36-30(42)39(25-15(4)33-29(43-5)35-23(25)14(2)3)28(21)34-24(22(26)32)20-17(31)8-7-9-18(20)40;1-12(2)20-22(13(3)31-26(33-20)39-4)36-25-18-23(19(29)21(32-25)17-15(28)6-5-7-16(17)37)40-11-14-10-30-8-9-35(14)24(18)34-27(36)38/h6-9,14,16,40H,1,10-13H2,2-5H3;5-7,12,14,30,37H,8-11H2,1-4H3/t16-;14-/m11/s1. The van der Waals surface area contributed by atoms with Crippen LogP contribution in [-0.2, 0) is 4.79 Å². The molecule has 2 atom stereocenters. The maximum Gasteiger partial charge on any atom is 0.355 e. The van der Waals surface area contributed by atoms with Crippen LogP contribution in [0.2, 0.25) is 0 Å². The Balaban J connectivity index is 0.000000176. The molecule has 436 valence electrons. The highest BCUT2D eigenvalue weighted by atomic mass is 19.1. The number of ether oxygens (including phenoxy) is 4. The van der Waals surface area contributed by atoms with Crippen LogP contribution in [0.4, 0.5) is 29.2 Å². The van der Waals surface area contributed by atoms with Crippen LogP contribution in [0, 0.1) is 37.1 Å². The van der Waals surface area contributed by atoms with Gasteiger partial charge in [0.25, 0.3) is 0 Å². The first-order chi connectivity index (χ1) is 40.3. The van der Waals surface area contributed by atoms with E-state index in [4.69, 9.17) is 18.9 Å². The Morgan fingerprint density at radius 2 is 1.14 bits per heavy atom. The van der Waals surface area contributed by atoms with E-state index in [-0.39, 0.29) is 113 Å². The molecule has 0 spiro atoms. The lowest BCUT2D eigenvalue weighted by atomic mass is 10.1. The van der Waals surface area contributed by atoms with Crippen molar-refractivity contribution in [2.45, 2.75) is 65.5 Å². The van der Waals surface area contributed by atoms with E-state index in [2.05, 4.69) is 51.8 Å². The number of pyridine rings is 2. The van der Waals surface area contributed by atoms with Crippen molar-refractivity contribution >= 4 is 39.6 Å². The number of aromatic hydroxyl groups is 2. The number of hydrogen-bond acceptors (Lipinski definition) is 20. The number of nitrogens with one attached hydrogen (secondary N) is 1. The van der Waals surface area contributed by atoms with Gasteiger partial charge >= 0.3 is 23.4 Å². The quantitative estimate of drug-likeness (QED) is 0.109. The first-order valence-corrected chi connectivity index (χ1v) is 26.8. The number of aryl methyl sites for hydroxylation is 2. The predicted molar refractivity (Wildman–Crippen MR) is 299 cm³/mol. The summed E-state index contributed by atoms with van der Waals surface area (Å²) in [5, 5.41) is 24.6. The predicted octanol–water partition coefficient (Wildman–Crippen LogP) is 6.09. The summed E-state index contributed by atoms with van der Waals surface area (Å²) in [7, 11) is 2.86. The maximum atomic E-state index is 16.5. The number of rotatable bonds is 9. The van der Waals surface area contributed by atoms with Gasteiger partial charge in [-0.25, -0.2) is 46.3 Å². The van der Waals surface area contributed by atoms with Crippen molar-refractivity contribution in [3.8, 4) is 68.9 Å². The number of piperazine rings is 2. The molecule has 0 bridgehead atoms. The molecule has 0 saturated carbocycles. The molecule has 6 aromatic heterocycles. The van der Waals surface area contributed by atoms with Gasteiger partial charge in [-0.2, -0.15) is 29.9 Å². The van der Waals surface area contributed by atoms with Crippen LogP contribution in [0.5, 0.6) is 35.0 Å². The molecule has 0 aliphatic carbocycles. The van der Waals surface area contributed by atoms with Crippen molar-refractivity contribution in [3.63, 3.8) is 0 Å². The van der Waals surface area contributed by atoms with E-state index >= 15 is 17.6 Å². The molecule has 4 aliphatic rings. The number of phenols is 2. The van der Waals surface area contributed by atoms with Crippen LogP contribution < -0.4 is 45.4 Å². The number of halogens is 4. The lowest BCUT2D eigenvalue weighted by Gasteiger charge is -2.40. The lowest BCUT2D eigenvalue weighted by molar-refractivity contribution is -0.126. The number of nitrogens with zero attached hydrogens (tertiary/aromatic N) is 13. The Kier molecular flexibility index (Phi) is 14.7. The fraction of sp³-hybridized carbons (Fsp3) is 0.351. The summed E-state index contributed by atoms with van der Waals surface area (Å²) in [5.41, 5.74) is -1.40. The van der Waals surface area contributed by atoms with Gasteiger partial charge in [-0.1, -0.05) is 46.4 Å². The molecule has 2 saturated heterocycles.